The van der Waals surface area contributed by atoms with Gasteiger partial charge in [-0.25, -0.2) is 0 Å². The van der Waals surface area contributed by atoms with Gasteiger partial charge >= 0.3 is 0 Å². The molecule has 0 spiro atoms. The molecular weight excluding hydrogens is 398 g/mol. The van der Waals surface area contributed by atoms with Gasteiger partial charge in [0.25, 0.3) is 11.7 Å². The average molecular weight is 428 g/mol. The third-order valence-corrected chi connectivity index (χ3v) is 6.09. The lowest BCUT2D eigenvalue weighted by molar-refractivity contribution is -0.139. The molecule has 1 unspecified atom stereocenters. The van der Waals surface area contributed by atoms with Crippen LogP contribution in [0.25, 0.3) is 5.76 Å². The number of Topliss-reactive ketones (excluding diaryl/α,β-unsaturated/α-hetero) is 1. The molecule has 3 rings (SSSR count). The Labute approximate surface area is 182 Å². The van der Waals surface area contributed by atoms with Crippen LogP contribution in [-0.4, -0.2) is 34.3 Å². The number of hydrogen-bond donors (Lipinski definition) is 1. The summed E-state index contributed by atoms with van der Waals surface area (Å²) in [5.74, 6) is -0.564. The number of hydrogen-bond acceptors (Lipinski definition) is 5. The summed E-state index contributed by atoms with van der Waals surface area (Å²) in [7, 11) is 0. The molecule has 1 aromatic carbocycles. The fraction of sp³-hybridized carbons (Fsp3) is 0.417. The lowest BCUT2D eigenvalue weighted by Crippen LogP contribution is -2.30. The SMILES string of the molecule is CCCCCN1C(=O)C(=O)/C(=C(\O)c2ccc(OC(C)C)c(C)c2)C1c1cccs1. The normalized spacial score (nSPS) is 18.4. The maximum atomic E-state index is 12.9. The topological polar surface area (TPSA) is 66.8 Å². The third kappa shape index (κ3) is 4.43. The number of rotatable bonds is 8. The molecule has 1 aliphatic heterocycles. The van der Waals surface area contributed by atoms with Gasteiger partial charge in [0.15, 0.2) is 0 Å². The van der Waals surface area contributed by atoms with Gasteiger partial charge in [0.2, 0.25) is 0 Å². The van der Waals surface area contributed by atoms with Gasteiger partial charge in [0, 0.05) is 17.0 Å². The molecule has 2 aromatic rings. The summed E-state index contributed by atoms with van der Waals surface area (Å²) >= 11 is 1.48. The van der Waals surface area contributed by atoms with Crippen LogP contribution in [0.2, 0.25) is 0 Å². The van der Waals surface area contributed by atoms with E-state index >= 15 is 0 Å². The molecule has 0 aliphatic carbocycles. The van der Waals surface area contributed by atoms with E-state index in [1.807, 2.05) is 38.3 Å². The van der Waals surface area contributed by atoms with E-state index in [0.717, 1.165) is 35.5 Å². The van der Waals surface area contributed by atoms with Crippen LogP contribution in [0.1, 0.15) is 62.1 Å². The van der Waals surface area contributed by atoms with Crippen molar-refractivity contribution in [3.05, 3.63) is 57.3 Å². The van der Waals surface area contributed by atoms with Crippen LogP contribution in [-0.2, 0) is 9.59 Å². The van der Waals surface area contributed by atoms with Crippen molar-refractivity contribution in [1.82, 2.24) is 4.90 Å². The first-order valence-corrected chi connectivity index (χ1v) is 11.3. The van der Waals surface area contributed by atoms with Gasteiger partial charge in [-0.1, -0.05) is 25.8 Å². The van der Waals surface area contributed by atoms with Gasteiger partial charge in [-0.15, -0.1) is 11.3 Å². The van der Waals surface area contributed by atoms with Crippen LogP contribution in [0.15, 0.2) is 41.3 Å². The molecule has 0 bridgehead atoms. The molecule has 0 radical (unpaired) electrons. The quantitative estimate of drug-likeness (QED) is 0.263. The van der Waals surface area contributed by atoms with Crippen molar-refractivity contribution < 1.29 is 19.4 Å². The lowest BCUT2D eigenvalue weighted by Gasteiger charge is -2.24. The minimum atomic E-state index is -0.623. The van der Waals surface area contributed by atoms with Crippen molar-refractivity contribution in [3.8, 4) is 5.75 Å². The number of amides is 1. The average Bonchev–Trinajstić information content (AvgIpc) is 3.31. The highest BCUT2D eigenvalue weighted by atomic mass is 32.1. The van der Waals surface area contributed by atoms with E-state index < -0.39 is 17.7 Å². The minimum Gasteiger partial charge on any atom is -0.507 e. The Bertz CT molecular complexity index is 946. The first kappa shape index (κ1) is 22.1. The first-order chi connectivity index (χ1) is 14.3. The summed E-state index contributed by atoms with van der Waals surface area (Å²) in [6.45, 7) is 8.40. The van der Waals surface area contributed by atoms with Crippen LogP contribution in [0.5, 0.6) is 5.75 Å². The second kappa shape index (κ2) is 9.47. The largest absolute Gasteiger partial charge is 0.507 e. The highest BCUT2D eigenvalue weighted by molar-refractivity contribution is 7.10. The Balaban J connectivity index is 2.04. The number of ether oxygens (including phenoxy) is 1. The molecule has 1 aromatic heterocycles. The molecule has 0 saturated carbocycles. The molecule has 1 aliphatic rings. The molecule has 1 N–H and O–H groups in total. The van der Waals surface area contributed by atoms with Gasteiger partial charge in [0.1, 0.15) is 11.5 Å². The van der Waals surface area contributed by atoms with Crippen molar-refractivity contribution in [1.29, 1.82) is 0 Å². The summed E-state index contributed by atoms with van der Waals surface area (Å²) in [6, 6.07) is 8.58. The van der Waals surface area contributed by atoms with Gasteiger partial charge in [0.05, 0.1) is 17.7 Å². The molecule has 1 fully saturated rings. The van der Waals surface area contributed by atoms with Crippen LogP contribution in [0, 0.1) is 6.92 Å². The Morgan fingerprint density at radius 3 is 2.60 bits per heavy atom. The highest BCUT2D eigenvalue weighted by Crippen LogP contribution is 2.41. The predicted molar refractivity (Wildman–Crippen MR) is 120 cm³/mol. The van der Waals surface area contributed by atoms with E-state index in [1.54, 1.807) is 23.1 Å². The van der Waals surface area contributed by atoms with E-state index in [-0.39, 0.29) is 17.4 Å². The number of aliphatic hydroxyl groups is 1. The van der Waals surface area contributed by atoms with Crippen LogP contribution in [0.4, 0.5) is 0 Å². The van der Waals surface area contributed by atoms with E-state index in [9.17, 15) is 14.7 Å². The molecule has 6 heteroatoms. The summed E-state index contributed by atoms with van der Waals surface area (Å²) in [5.41, 5.74) is 1.53. The second-order valence-corrected chi connectivity index (χ2v) is 8.84. The third-order valence-electron chi connectivity index (χ3n) is 5.17. The molecule has 160 valence electrons. The number of thiophene rings is 1. The summed E-state index contributed by atoms with van der Waals surface area (Å²) in [4.78, 5) is 28.2. The van der Waals surface area contributed by atoms with Crippen molar-refractivity contribution in [3.63, 3.8) is 0 Å². The zero-order valence-electron chi connectivity index (χ0n) is 18.0. The van der Waals surface area contributed by atoms with Crippen molar-refractivity contribution in [2.75, 3.05) is 6.54 Å². The fourth-order valence-corrected chi connectivity index (χ4v) is 4.57. The Hall–Kier alpha value is -2.60. The number of aryl methyl sites for hydroxylation is 1. The smallest absolute Gasteiger partial charge is 0.295 e. The van der Waals surface area contributed by atoms with Gasteiger partial charge < -0.3 is 14.7 Å². The summed E-state index contributed by atoms with van der Waals surface area (Å²) in [5, 5.41) is 13.0. The van der Waals surface area contributed by atoms with Crippen LogP contribution in [0.3, 0.4) is 0 Å². The summed E-state index contributed by atoms with van der Waals surface area (Å²) < 4.78 is 5.77. The number of carbonyl (C=O) groups is 2. The van der Waals surface area contributed by atoms with Gasteiger partial charge in [-0.3, -0.25) is 9.59 Å². The highest BCUT2D eigenvalue weighted by Gasteiger charge is 2.46. The van der Waals surface area contributed by atoms with Crippen molar-refractivity contribution in [2.24, 2.45) is 0 Å². The van der Waals surface area contributed by atoms with Crippen molar-refractivity contribution >= 4 is 28.8 Å². The number of aliphatic hydroxyl groups excluding tert-OH is 1. The maximum absolute atomic E-state index is 12.9. The van der Waals surface area contributed by atoms with E-state index in [2.05, 4.69) is 6.92 Å². The Morgan fingerprint density at radius 2 is 2.00 bits per heavy atom. The lowest BCUT2D eigenvalue weighted by atomic mass is 9.98. The summed E-state index contributed by atoms with van der Waals surface area (Å²) in [6.07, 6.45) is 2.87. The maximum Gasteiger partial charge on any atom is 0.295 e. The number of likely N-dealkylation sites (tertiary alicyclic amines) is 1. The molecular formula is C24H29NO4S. The van der Waals surface area contributed by atoms with E-state index in [1.165, 1.54) is 11.3 Å². The molecule has 1 saturated heterocycles. The minimum absolute atomic E-state index is 0.0374. The Morgan fingerprint density at radius 1 is 1.23 bits per heavy atom. The van der Waals surface area contributed by atoms with Crippen LogP contribution < -0.4 is 4.74 Å². The van der Waals surface area contributed by atoms with E-state index in [0.29, 0.717) is 12.1 Å². The first-order valence-electron chi connectivity index (χ1n) is 10.4. The van der Waals surface area contributed by atoms with E-state index in [4.69, 9.17) is 4.74 Å². The van der Waals surface area contributed by atoms with Crippen molar-refractivity contribution in [2.45, 2.75) is 59.1 Å². The number of unbranched alkanes of at least 4 members (excludes halogenated alkanes) is 2. The predicted octanol–water partition coefficient (Wildman–Crippen LogP) is 5.46. The molecule has 2 heterocycles. The molecule has 30 heavy (non-hydrogen) atoms. The number of carbonyl (C=O) groups excluding carboxylic acids is 2. The monoisotopic (exact) mass is 427 g/mol. The second-order valence-electron chi connectivity index (χ2n) is 7.86. The molecule has 5 nitrogen and oxygen atoms in total. The van der Waals surface area contributed by atoms with Crippen LogP contribution >= 0.6 is 11.3 Å². The van der Waals surface area contributed by atoms with Gasteiger partial charge in [-0.2, -0.15) is 0 Å². The number of benzene rings is 1. The Kier molecular flexibility index (Phi) is 6.98. The molecule has 1 atom stereocenters. The molecule has 1 amide bonds. The zero-order valence-corrected chi connectivity index (χ0v) is 18.8. The standard InChI is InChI=1S/C24H29NO4S/c1-5-6-7-12-25-21(19-9-8-13-30-19)20(23(27)24(25)28)22(26)17-10-11-18(16(4)14-17)29-15(2)3/h8-11,13-15,21,26H,5-7,12H2,1-4H3/b22-20-. The van der Waals surface area contributed by atoms with Gasteiger partial charge in [-0.05, 0) is 62.4 Å². The fourth-order valence-electron chi connectivity index (χ4n) is 3.72. The number of nitrogens with zero attached hydrogens (tertiary/aromatic N) is 1. The number of ketones is 1. The zero-order chi connectivity index (χ0) is 21.8.